The van der Waals surface area contributed by atoms with Crippen LogP contribution in [0.4, 0.5) is 0 Å². The lowest BCUT2D eigenvalue weighted by molar-refractivity contribution is 0.289. The maximum Gasteiger partial charge on any atom is 0.191 e. The predicted molar refractivity (Wildman–Crippen MR) is 145 cm³/mol. The standard InChI is InChI=1S/C26H28ClN5OS.ClH/c1-18-16-24(30-33-18)22-5-4-19-10-13-32(14-11-21(19)17-22)12-3-15-34-26-29-28-25(31(26)2)20-6-8-23(27)9-7-20;/h4-9,16-17H,3,10-15H2,1-2H3;1H. The van der Waals surface area contributed by atoms with Gasteiger partial charge in [0, 0.05) is 48.1 Å². The molecule has 0 unspecified atom stereocenters. The molecule has 3 heterocycles. The number of benzene rings is 2. The minimum Gasteiger partial charge on any atom is -0.361 e. The molecule has 2 aromatic carbocycles. The number of aryl methyl sites for hydroxylation is 1. The van der Waals surface area contributed by atoms with Crippen molar-refractivity contribution >= 4 is 35.8 Å². The third kappa shape index (κ3) is 6.09. The van der Waals surface area contributed by atoms with Crippen molar-refractivity contribution < 1.29 is 4.52 Å². The zero-order valence-electron chi connectivity index (χ0n) is 19.9. The van der Waals surface area contributed by atoms with Gasteiger partial charge in [-0.15, -0.1) is 22.6 Å². The summed E-state index contributed by atoms with van der Waals surface area (Å²) in [6, 6.07) is 16.4. The Morgan fingerprint density at radius 1 is 0.971 bits per heavy atom. The number of hydrogen-bond acceptors (Lipinski definition) is 6. The molecule has 9 heteroatoms. The lowest BCUT2D eigenvalue weighted by Crippen LogP contribution is -2.27. The van der Waals surface area contributed by atoms with Gasteiger partial charge < -0.3 is 14.0 Å². The van der Waals surface area contributed by atoms with E-state index in [0.717, 1.165) is 83.2 Å². The first-order valence-corrected chi connectivity index (χ1v) is 13.0. The highest BCUT2D eigenvalue weighted by molar-refractivity contribution is 7.99. The summed E-state index contributed by atoms with van der Waals surface area (Å²) in [5.74, 6) is 2.73. The second-order valence-electron chi connectivity index (χ2n) is 8.72. The van der Waals surface area contributed by atoms with Gasteiger partial charge in [0.25, 0.3) is 0 Å². The first-order chi connectivity index (χ1) is 16.6. The van der Waals surface area contributed by atoms with Gasteiger partial charge in [-0.25, -0.2) is 0 Å². The van der Waals surface area contributed by atoms with Crippen molar-refractivity contribution in [3.05, 3.63) is 70.4 Å². The summed E-state index contributed by atoms with van der Waals surface area (Å²) < 4.78 is 7.31. The van der Waals surface area contributed by atoms with Crippen molar-refractivity contribution in [2.45, 2.75) is 31.3 Å². The molecule has 6 nitrogen and oxygen atoms in total. The van der Waals surface area contributed by atoms with E-state index in [1.807, 2.05) is 44.3 Å². The molecule has 0 amide bonds. The molecule has 1 aliphatic heterocycles. The Kier molecular flexibility index (Phi) is 8.55. The van der Waals surface area contributed by atoms with Gasteiger partial charge in [0.2, 0.25) is 0 Å². The lowest BCUT2D eigenvalue weighted by atomic mass is 9.99. The number of halogens is 2. The second kappa shape index (κ2) is 11.6. The van der Waals surface area contributed by atoms with Crippen molar-refractivity contribution in [2.24, 2.45) is 7.05 Å². The van der Waals surface area contributed by atoms with Gasteiger partial charge in [0.15, 0.2) is 11.0 Å². The van der Waals surface area contributed by atoms with E-state index < -0.39 is 0 Å². The van der Waals surface area contributed by atoms with Gasteiger partial charge in [-0.3, -0.25) is 0 Å². The van der Waals surface area contributed by atoms with Crippen molar-refractivity contribution in [3.63, 3.8) is 0 Å². The van der Waals surface area contributed by atoms with E-state index in [1.54, 1.807) is 11.8 Å². The Morgan fingerprint density at radius 2 is 1.71 bits per heavy atom. The smallest absolute Gasteiger partial charge is 0.191 e. The zero-order chi connectivity index (χ0) is 23.5. The van der Waals surface area contributed by atoms with Crippen LogP contribution in [0.5, 0.6) is 0 Å². The quantitative estimate of drug-likeness (QED) is 0.213. The Morgan fingerprint density at radius 3 is 2.46 bits per heavy atom. The molecule has 5 rings (SSSR count). The molecule has 0 fully saturated rings. The fourth-order valence-corrected chi connectivity index (χ4v) is 5.36. The fraction of sp³-hybridized carbons (Fsp3) is 0.346. The molecule has 0 atom stereocenters. The molecule has 35 heavy (non-hydrogen) atoms. The molecule has 0 aliphatic carbocycles. The van der Waals surface area contributed by atoms with E-state index in [2.05, 4.69) is 43.0 Å². The minimum absolute atomic E-state index is 0. The van der Waals surface area contributed by atoms with Crippen LogP contribution in [0.25, 0.3) is 22.6 Å². The van der Waals surface area contributed by atoms with Crippen LogP contribution in [0, 0.1) is 6.92 Å². The molecule has 0 saturated heterocycles. The van der Waals surface area contributed by atoms with E-state index >= 15 is 0 Å². The summed E-state index contributed by atoms with van der Waals surface area (Å²) in [6.45, 7) is 5.21. The molecule has 184 valence electrons. The van der Waals surface area contributed by atoms with E-state index in [0.29, 0.717) is 0 Å². The largest absolute Gasteiger partial charge is 0.361 e. The summed E-state index contributed by atoms with van der Waals surface area (Å²) in [5.41, 5.74) is 5.97. The monoisotopic (exact) mass is 529 g/mol. The fourth-order valence-electron chi connectivity index (χ4n) is 4.40. The number of fused-ring (bicyclic) bond motifs is 1. The first-order valence-electron chi connectivity index (χ1n) is 11.6. The number of aromatic nitrogens is 4. The van der Waals surface area contributed by atoms with Gasteiger partial charge in [-0.05, 0) is 74.2 Å². The maximum atomic E-state index is 6.01. The summed E-state index contributed by atoms with van der Waals surface area (Å²) in [7, 11) is 2.02. The molecule has 0 saturated carbocycles. The summed E-state index contributed by atoms with van der Waals surface area (Å²) >= 11 is 7.77. The number of thioether (sulfide) groups is 1. The second-order valence-corrected chi connectivity index (χ2v) is 10.2. The average molecular weight is 531 g/mol. The minimum atomic E-state index is 0. The van der Waals surface area contributed by atoms with Crippen molar-refractivity contribution in [1.82, 2.24) is 24.8 Å². The van der Waals surface area contributed by atoms with Gasteiger partial charge in [0.05, 0.1) is 0 Å². The third-order valence-corrected chi connectivity index (χ3v) is 7.67. The topological polar surface area (TPSA) is 60.0 Å². The number of rotatable bonds is 7. The van der Waals surface area contributed by atoms with E-state index in [9.17, 15) is 0 Å². The maximum absolute atomic E-state index is 6.01. The van der Waals surface area contributed by atoms with Crippen LogP contribution in [-0.2, 0) is 19.9 Å². The van der Waals surface area contributed by atoms with E-state index in [4.69, 9.17) is 16.1 Å². The van der Waals surface area contributed by atoms with Crippen LogP contribution in [0.2, 0.25) is 5.02 Å². The highest BCUT2D eigenvalue weighted by Crippen LogP contribution is 2.26. The van der Waals surface area contributed by atoms with E-state index in [-0.39, 0.29) is 12.4 Å². The highest BCUT2D eigenvalue weighted by Gasteiger charge is 2.16. The average Bonchev–Trinajstić information content (AvgIpc) is 3.37. The van der Waals surface area contributed by atoms with Crippen LogP contribution in [-0.4, -0.2) is 50.2 Å². The Balaban J connectivity index is 0.00000289. The molecule has 0 radical (unpaired) electrons. The molecule has 0 N–H and O–H groups in total. The van der Waals surface area contributed by atoms with Gasteiger partial charge in [0.1, 0.15) is 11.5 Å². The Bertz CT molecular complexity index is 1270. The summed E-state index contributed by atoms with van der Waals surface area (Å²) in [5, 5.41) is 14.6. The van der Waals surface area contributed by atoms with Gasteiger partial charge in [-0.2, -0.15) is 0 Å². The summed E-state index contributed by atoms with van der Waals surface area (Å²) in [4.78, 5) is 2.58. The highest BCUT2D eigenvalue weighted by atomic mass is 35.5. The molecular weight excluding hydrogens is 501 g/mol. The molecule has 0 bridgehead atoms. The van der Waals surface area contributed by atoms with Crippen LogP contribution < -0.4 is 0 Å². The normalized spacial score (nSPS) is 13.8. The van der Waals surface area contributed by atoms with Gasteiger partial charge in [-0.1, -0.05) is 40.7 Å². The number of hydrogen-bond donors (Lipinski definition) is 0. The van der Waals surface area contributed by atoms with Crippen LogP contribution >= 0.6 is 35.8 Å². The third-order valence-electron chi connectivity index (χ3n) is 6.31. The van der Waals surface area contributed by atoms with Crippen LogP contribution in [0.1, 0.15) is 23.3 Å². The molecule has 0 spiro atoms. The predicted octanol–water partition coefficient (Wildman–Crippen LogP) is 6.10. The van der Waals surface area contributed by atoms with Crippen molar-refractivity contribution in [1.29, 1.82) is 0 Å². The van der Waals surface area contributed by atoms with Crippen molar-refractivity contribution in [2.75, 3.05) is 25.4 Å². The molecule has 4 aromatic rings. The van der Waals surface area contributed by atoms with Crippen molar-refractivity contribution in [3.8, 4) is 22.6 Å². The van der Waals surface area contributed by atoms with E-state index in [1.165, 1.54) is 11.1 Å². The lowest BCUT2D eigenvalue weighted by Gasteiger charge is -2.19. The van der Waals surface area contributed by atoms with Crippen LogP contribution in [0.15, 0.2) is 58.2 Å². The molecule has 1 aliphatic rings. The molecule has 2 aromatic heterocycles. The summed E-state index contributed by atoms with van der Waals surface area (Å²) in [6.07, 6.45) is 3.28. The Labute approximate surface area is 221 Å². The first kappa shape index (κ1) is 25.8. The SMILES string of the molecule is Cc1cc(-c2ccc3c(c2)CCN(CCCSc2nnc(-c4ccc(Cl)cc4)n2C)CC3)no1.Cl. The van der Waals surface area contributed by atoms with Gasteiger partial charge >= 0.3 is 0 Å². The Hall–Kier alpha value is -2.32. The zero-order valence-corrected chi connectivity index (χ0v) is 22.3. The number of nitrogens with zero attached hydrogens (tertiary/aromatic N) is 5. The molecular formula is C26H29Cl2N5OS. The van der Waals surface area contributed by atoms with Crippen LogP contribution in [0.3, 0.4) is 0 Å².